The zero-order valence-electron chi connectivity index (χ0n) is 19.6. The average molecular weight is 476 g/mol. The minimum atomic E-state index is 0.611. The molecule has 4 nitrogen and oxygen atoms in total. The molecule has 0 radical (unpaired) electrons. The Kier molecular flexibility index (Phi) is 7.08. The number of hydrogen-bond acceptors (Lipinski definition) is 4. The molecule has 2 heterocycles. The summed E-state index contributed by atoms with van der Waals surface area (Å²) < 4.78 is 17.8. The Bertz CT molecular complexity index is 1240. The molecule has 1 aliphatic rings. The molecule has 34 heavy (non-hydrogen) atoms. The monoisotopic (exact) mass is 475 g/mol. The van der Waals surface area contributed by atoms with E-state index in [1.807, 2.05) is 48.5 Å². The number of halogens is 1. The van der Waals surface area contributed by atoms with Gasteiger partial charge in [-0.05, 0) is 67.4 Å². The third kappa shape index (κ3) is 5.08. The van der Waals surface area contributed by atoms with E-state index in [-0.39, 0.29) is 0 Å². The molecule has 0 amide bonds. The van der Waals surface area contributed by atoms with Gasteiger partial charge in [0.15, 0.2) is 0 Å². The quantitative estimate of drug-likeness (QED) is 0.269. The van der Waals surface area contributed by atoms with Crippen molar-refractivity contribution >= 4 is 22.6 Å². The Morgan fingerprint density at radius 2 is 1.68 bits per heavy atom. The highest BCUT2D eigenvalue weighted by atomic mass is 35.5. The first kappa shape index (κ1) is 22.8. The summed E-state index contributed by atoms with van der Waals surface area (Å²) in [5.74, 6) is 2.55. The maximum absolute atomic E-state index is 6.46. The van der Waals surface area contributed by atoms with Crippen molar-refractivity contribution in [3.8, 4) is 22.6 Å². The van der Waals surface area contributed by atoms with Gasteiger partial charge in [0.2, 0.25) is 0 Å². The van der Waals surface area contributed by atoms with Crippen molar-refractivity contribution in [1.82, 2.24) is 4.90 Å². The molecule has 176 valence electrons. The van der Waals surface area contributed by atoms with Gasteiger partial charge in [-0.2, -0.15) is 0 Å². The summed E-state index contributed by atoms with van der Waals surface area (Å²) in [4.78, 5) is 2.49. The fourth-order valence-corrected chi connectivity index (χ4v) is 4.91. The molecule has 5 heteroatoms. The lowest BCUT2D eigenvalue weighted by molar-refractivity contribution is 0.183. The Morgan fingerprint density at radius 3 is 2.44 bits per heavy atom. The van der Waals surface area contributed by atoms with Crippen LogP contribution in [0.3, 0.4) is 0 Å². The zero-order valence-corrected chi connectivity index (χ0v) is 20.3. The van der Waals surface area contributed by atoms with E-state index in [0.29, 0.717) is 13.0 Å². The van der Waals surface area contributed by atoms with Crippen LogP contribution in [0.15, 0.2) is 71.1 Å². The number of hydrogen-bond donors (Lipinski definition) is 0. The highest BCUT2D eigenvalue weighted by Crippen LogP contribution is 2.38. The molecule has 0 spiro atoms. The smallest absolute Gasteiger partial charge is 0.138 e. The van der Waals surface area contributed by atoms with Gasteiger partial charge in [-0.25, -0.2) is 0 Å². The first-order valence-corrected chi connectivity index (χ1v) is 12.4. The van der Waals surface area contributed by atoms with Gasteiger partial charge < -0.3 is 13.9 Å². The van der Waals surface area contributed by atoms with Crippen LogP contribution in [0.4, 0.5) is 0 Å². The third-order valence-corrected chi connectivity index (χ3v) is 6.92. The molecule has 0 saturated carbocycles. The van der Waals surface area contributed by atoms with Gasteiger partial charge in [0.1, 0.15) is 29.4 Å². The molecule has 1 saturated heterocycles. The van der Waals surface area contributed by atoms with Crippen LogP contribution >= 0.6 is 11.6 Å². The van der Waals surface area contributed by atoms with Crippen molar-refractivity contribution in [3.05, 3.63) is 83.1 Å². The number of furan rings is 1. The third-order valence-electron chi connectivity index (χ3n) is 6.55. The van der Waals surface area contributed by atoms with Crippen LogP contribution in [0, 0.1) is 0 Å². The summed E-state index contributed by atoms with van der Waals surface area (Å²) in [5.41, 5.74) is 4.01. The number of ether oxygens (including phenoxy) is 2. The van der Waals surface area contributed by atoms with Gasteiger partial charge >= 0.3 is 0 Å². The van der Waals surface area contributed by atoms with Crippen LogP contribution in [0.5, 0.6) is 11.5 Å². The van der Waals surface area contributed by atoms with Crippen molar-refractivity contribution < 1.29 is 13.9 Å². The second kappa shape index (κ2) is 10.5. The molecular formula is C29H30ClNO3. The molecule has 1 fully saturated rings. The summed E-state index contributed by atoms with van der Waals surface area (Å²) >= 11 is 6.46. The van der Waals surface area contributed by atoms with Crippen LogP contribution in [0.2, 0.25) is 5.02 Å². The highest BCUT2D eigenvalue weighted by molar-refractivity contribution is 6.31. The molecule has 0 unspecified atom stereocenters. The molecule has 5 rings (SSSR count). The lowest BCUT2D eigenvalue weighted by Crippen LogP contribution is -2.33. The van der Waals surface area contributed by atoms with Gasteiger partial charge in [0.25, 0.3) is 0 Å². The maximum Gasteiger partial charge on any atom is 0.138 e. The molecule has 4 aromatic rings. The largest absolute Gasteiger partial charge is 0.497 e. The summed E-state index contributed by atoms with van der Waals surface area (Å²) in [5, 5.41) is 1.80. The zero-order chi connectivity index (χ0) is 23.3. The van der Waals surface area contributed by atoms with Crippen molar-refractivity contribution in [2.45, 2.75) is 25.7 Å². The number of likely N-dealkylation sites (tertiary alicyclic amines) is 1. The Balaban J connectivity index is 1.40. The standard InChI is InChI=1S/C29H30ClNO3/c1-32-24-13-14-25-27(20-24)34-28(19-22-7-3-4-8-26(22)30)29(25)21-9-11-23(12-10-21)33-18-17-31-15-5-2-6-16-31/h3-4,7-14,20H,2,5-6,15-19H2,1H3. The van der Waals surface area contributed by atoms with E-state index in [9.17, 15) is 0 Å². The van der Waals surface area contributed by atoms with Gasteiger partial charge in [0, 0.05) is 35.0 Å². The predicted molar refractivity (Wildman–Crippen MR) is 138 cm³/mol. The van der Waals surface area contributed by atoms with Crippen LogP contribution < -0.4 is 9.47 Å². The number of rotatable bonds is 8. The first-order chi connectivity index (χ1) is 16.7. The Labute approximate surface area is 206 Å². The molecular weight excluding hydrogens is 446 g/mol. The number of nitrogens with zero attached hydrogens (tertiary/aromatic N) is 1. The second-order valence-electron chi connectivity index (χ2n) is 8.81. The van der Waals surface area contributed by atoms with Crippen molar-refractivity contribution in [1.29, 1.82) is 0 Å². The minimum absolute atomic E-state index is 0.611. The van der Waals surface area contributed by atoms with Crippen molar-refractivity contribution in [3.63, 3.8) is 0 Å². The van der Waals surface area contributed by atoms with Gasteiger partial charge in [-0.3, -0.25) is 4.90 Å². The summed E-state index contributed by atoms with van der Waals surface area (Å²) in [6, 6.07) is 22.2. The topological polar surface area (TPSA) is 34.8 Å². The van der Waals surface area contributed by atoms with Crippen molar-refractivity contribution in [2.75, 3.05) is 33.4 Å². The van der Waals surface area contributed by atoms with E-state index < -0.39 is 0 Å². The van der Waals surface area contributed by atoms with E-state index in [0.717, 1.165) is 56.5 Å². The lowest BCUT2D eigenvalue weighted by atomic mass is 9.98. The van der Waals surface area contributed by atoms with Gasteiger partial charge in [-0.1, -0.05) is 48.4 Å². The van der Waals surface area contributed by atoms with E-state index in [1.165, 1.54) is 32.4 Å². The molecule has 0 aliphatic carbocycles. The SMILES string of the molecule is COc1ccc2c(-c3ccc(OCCN4CCCCC4)cc3)c(Cc3ccccc3Cl)oc2c1. The van der Waals surface area contributed by atoms with Gasteiger partial charge in [-0.15, -0.1) is 0 Å². The number of methoxy groups -OCH3 is 1. The number of fused-ring (bicyclic) bond motifs is 1. The van der Waals surface area contributed by atoms with E-state index >= 15 is 0 Å². The van der Waals surface area contributed by atoms with Crippen molar-refractivity contribution in [2.24, 2.45) is 0 Å². The Morgan fingerprint density at radius 1 is 0.912 bits per heavy atom. The summed E-state index contributed by atoms with van der Waals surface area (Å²) in [7, 11) is 1.67. The van der Waals surface area contributed by atoms with Crippen LogP contribution in [0.25, 0.3) is 22.1 Å². The van der Waals surface area contributed by atoms with Gasteiger partial charge in [0.05, 0.1) is 7.11 Å². The molecule has 3 aromatic carbocycles. The summed E-state index contributed by atoms with van der Waals surface area (Å²) in [6.45, 7) is 4.08. The van der Waals surface area contributed by atoms with Crippen LogP contribution in [-0.4, -0.2) is 38.3 Å². The summed E-state index contributed by atoms with van der Waals surface area (Å²) in [6.07, 6.45) is 4.57. The fraction of sp³-hybridized carbons (Fsp3) is 0.310. The second-order valence-corrected chi connectivity index (χ2v) is 9.21. The molecule has 1 aliphatic heterocycles. The molecule has 0 bridgehead atoms. The molecule has 0 N–H and O–H groups in total. The van der Waals surface area contributed by atoms with Crippen LogP contribution in [0.1, 0.15) is 30.6 Å². The number of benzene rings is 3. The fourth-order valence-electron chi connectivity index (χ4n) is 4.70. The normalized spacial score (nSPS) is 14.4. The molecule has 0 atom stereocenters. The highest BCUT2D eigenvalue weighted by Gasteiger charge is 2.18. The van der Waals surface area contributed by atoms with E-state index in [2.05, 4.69) is 23.1 Å². The average Bonchev–Trinajstić information content (AvgIpc) is 3.23. The minimum Gasteiger partial charge on any atom is -0.497 e. The molecule has 1 aromatic heterocycles. The first-order valence-electron chi connectivity index (χ1n) is 12.0. The predicted octanol–water partition coefficient (Wildman–Crippen LogP) is 7.22. The van der Waals surface area contributed by atoms with E-state index in [4.69, 9.17) is 25.5 Å². The lowest BCUT2D eigenvalue weighted by Gasteiger charge is -2.26. The van der Waals surface area contributed by atoms with E-state index in [1.54, 1.807) is 7.11 Å². The number of piperidine rings is 1. The Hall–Kier alpha value is -2.95. The maximum atomic E-state index is 6.46. The van der Waals surface area contributed by atoms with Crippen LogP contribution in [-0.2, 0) is 6.42 Å².